The molecule has 0 spiro atoms. The fraction of sp³-hybridized carbons (Fsp3) is 0.833. The Bertz CT molecular complexity index is 1510. The fourth-order valence-electron chi connectivity index (χ4n) is 10.4. The molecule has 2 fully saturated rings. The van der Waals surface area contributed by atoms with Crippen LogP contribution < -0.4 is 0 Å². The van der Waals surface area contributed by atoms with Crippen molar-refractivity contribution in [2.24, 2.45) is 22.7 Å². The molecule has 4 rings (SSSR count). The Labute approximate surface area is 344 Å². The van der Waals surface area contributed by atoms with Gasteiger partial charge in [0.05, 0.1) is 17.8 Å². The smallest absolute Gasteiger partial charge is 0.194 e. The first kappa shape index (κ1) is 47.0. The maximum atomic E-state index is 7.60. The Kier molecular flexibility index (Phi) is 14.0. The van der Waals surface area contributed by atoms with Crippen LogP contribution in [0, 0.1) is 34.5 Å². The second kappa shape index (κ2) is 16.4. The molecule has 4 aliphatic carbocycles. The summed E-state index contributed by atoms with van der Waals surface area (Å²) in [7, 11) is -5.80. The van der Waals surface area contributed by atoms with Gasteiger partial charge in [-0.2, -0.15) is 0 Å². The van der Waals surface area contributed by atoms with Gasteiger partial charge >= 0.3 is 0 Å². The molecule has 55 heavy (non-hydrogen) atoms. The zero-order valence-electron chi connectivity index (χ0n) is 39.5. The lowest BCUT2D eigenvalue weighted by atomic mass is 9.49. The third-order valence-electron chi connectivity index (χ3n) is 16.7. The number of allylic oxidation sites excluding steroid dienone is 4. The maximum absolute atomic E-state index is 7.60. The lowest BCUT2D eigenvalue weighted by molar-refractivity contribution is -0.0429. The summed E-state index contributed by atoms with van der Waals surface area (Å²) in [6.45, 7) is 45.5. The van der Waals surface area contributed by atoms with E-state index < -0.39 is 30.6 Å². The summed E-state index contributed by atoms with van der Waals surface area (Å²) in [5.41, 5.74) is 3.95. The predicted molar refractivity (Wildman–Crippen MR) is 244 cm³/mol. The highest BCUT2D eigenvalue weighted by Crippen LogP contribution is 2.66. The number of hydrogen-bond acceptors (Lipinski definition) is 4. The van der Waals surface area contributed by atoms with Gasteiger partial charge in [0, 0.05) is 5.41 Å². The van der Waals surface area contributed by atoms with E-state index in [2.05, 4.69) is 160 Å². The van der Waals surface area contributed by atoms with Crippen molar-refractivity contribution in [1.29, 1.82) is 0 Å². The van der Waals surface area contributed by atoms with E-state index in [4.69, 9.17) is 18.0 Å². The second-order valence-electron chi connectivity index (χ2n) is 22.0. The molecule has 0 aromatic rings. The normalized spacial score (nSPS) is 29.3. The van der Waals surface area contributed by atoms with Crippen molar-refractivity contribution in [3.63, 3.8) is 0 Å². The molecule has 0 heterocycles. The lowest BCUT2D eigenvalue weighted by Gasteiger charge is -2.59. The number of rotatable bonds is 14. The summed E-state index contributed by atoms with van der Waals surface area (Å²) in [5, 5.41) is 0.326. The van der Waals surface area contributed by atoms with E-state index in [-0.39, 0.29) is 38.7 Å². The van der Waals surface area contributed by atoms with Gasteiger partial charge < -0.3 is 18.0 Å². The SMILES string of the molecule is CCC(C#CCOC(C)(C)C1=CC[C@H]2C3=CC=C4C[C@@H](O[Si](C)(C)C(C)(C)C)C[C@H](O[Si](C)(C)C(C)(C)C)[C@]4(C)[C@H]3CC[C@]12C)(CC)O[Si](CC)(CC)CC. The maximum Gasteiger partial charge on any atom is 0.194 e. The molecule has 7 heteroatoms. The van der Waals surface area contributed by atoms with Gasteiger partial charge in [-0.25, -0.2) is 0 Å². The van der Waals surface area contributed by atoms with Crippen molar-refractivity contribution in [3.8, 4) is 11.8 Å². The fourth-order valence-corrected chi connectivity index (χ4v) is 16.3. The van der Waals surface area contributed by atoms with Crippen LogP contribution in [0.25, 0.3) is 0 Å². The number of hydrogen-bond donors (Lipinski definition) is 0. The van der Waals surface area contributed by atoms with Crippen LogP contribution in [0.1, 0.15) is 149 Å². The first-order valence-electron chi connectivity index (χ1n) is 22.5. The highest BCUT2D eigenvalue weighted by atomic mass is 28.4. The quantitative estimate of drug-likeness (QED) is 0.0995. The predicted octanol–water partition coefficient (Wildman–Crippen LogP) is 14.2. The largest absolute Gasteiger partial charge is 0.414 e. The molecule has 0 amide bonds. The molecule has 314 valence electrons. The Morgan fingerprint density at radius 1 is 0.782 bits per heavy atom. The molecule has 0 radical (unpaired) electrons. The average molecular weight is 811 g/mol. The topological polar surface area (TPSA) is 36.9 Å². The summed E-state index contributed by atoms with van der Waals surface area (Å²) in [6, 6.07) is 3.43. The van der Waals surface area contributed by atoms with Crippen molar-refractivity contribution in [1.82, 2.24) is 0 Å². The van der Waals surface area contributed by atoms with Gasteiger partial charge in [-0.05, 0) is 136 Å². The van der Waals surface area contributed by atoms with Crippen molar-refractivity contribution in [2.45, 2.75) is 227 Å². The van der Waals surface area contributed by atoms with Gasteiger partial charge in [-0.15, -0.1) is 0 Å². The molecule has 4 aliphatic rings. The van der Waals surface area contributed by atoms with Gasteiger partial charge in [-0.1, -0.05) is 131 Å². The molecule has 0 unspecified atom stereocenters. The lowest BCUT2D eigenvalue weighted by Crippen LogP contribution is -2.58. The standard InChI is InChI=1S/C48H86O4Si3/c1-20-48(21-2,52-55(22-3,23-4)24-5)31-25-33-49-45(12,13)41-29-28-39-38-27-26-36-34-37(50-53(16,17)43(6,7)8)35-42(51-54(18,19)44(9,10)11)47(36,15)40(38)30-32-46(39,41)14/h26-27,29,37,39-40,42H,20-24,28,30,32-35H2,1-19H3/t37-,39+,40+,42+,46+,47+/m1/s1. The van der Waals surface area contributed by atoms with Crippen LogP contribution in [0.2, 0.25) is 54.4 Å². The van der Waals surface area contributed by atoms with Crippen molar-refractivity contribution in [2.75, 3.05) is 6.61 Å². The second-order valence-corrected chi connectivity index (χ2v) is 36.2. The molecule has 6 atom stereocenters. The molecular formula is C48H86O4Si3. The third kappa shape index (κ3) is 8.92. The van der Waals surface area contributed by atoms with Gasteiger partial charge in [0.15, 0.2) is 25.0 Å². The zero-order valence-corrected chi connectivity index (χ0v) is 42.5. The molecule has 0 aromatic heterocycles. The third-order valence-corrected chi connectivity index (χ3v) is 30.4. The minimum absolute atomic E-state index is 0.0283. The Morgan fingerprint density at radius 2 is 1.35 bits per heavy atom. The van der Waals surface area contributed by atoms with E-state index in [1.165, 1.54) is 18.4 Å². The molecular weight excluding hydrogens is 725 g/mol. The zero-order chi connectivity index (χ0) is 41.7. The summed E-state index contributed by atoms with van der Waals surface area (Å²) in [5.74, 6) is 8.08. The first-order valence-corrected chi connectivity index (χ1v) is 30.8. The van der Waals surface area contributed by atoms with Crippen molar-refractivity contribution < 1.29 is 18.0 Å². The van der Waals surface area contributed by atoms with Gasteiger partial charge in [0.25, 0.3) is 0 Å². The van der Waals surface area contributed by atoms with Crippen LogP contribution in [-0.4, -0.2) is 55.0 Å². The first-order chi connectivity index (χ1) is 25.2. The van der Waals surface area contributed by atoms with E-state index in [0.29, 0.717) is 18.4 Å². The van der Waals surface area contributed by atoms with Crippen LogP contribution in [0.4, 0.5) is 0 Å². The molecule has 2 saturated carbocycles. The average Bonchev–Trinajstić information content (AvgIpc) is 3.46. The minimum atomic E-state index is -2.06. The monoisotopic (exact) mass is 811 g/mol. The van der Waals surface area contributed by atoms with Crippen molar-refractivity contribution >= 4 is 25.0 Å². The van der Waals surface area contributed by atoms with Gasteiger partial charge in [0.1, 0.15) is 12.2 Å². The highest BCUT2D eigenvalue weighted by molar-refractivity contribution is 6.74. The molecule has 0 N–H and O–H groups in total. The minimum Gasteiger partial charge on any atom is -0.414 e. The van der Waals surface area contributed by atoms with Crippen LogP contribution >= 0.6 is 0 Å². The van der Waals surface area contributed by atoms with Gasteiger partial charge in [-0.3, -0.25) is 0 Å². The Hall–Kier alpha value is -0.729. The Balaban J connectivity index is 1.61. The summed E-state index contributed by atoms with van der Waals surface area (Å²) in [4.78, 5) is 0. The van der Waals surface area contributed by atoms with Crippen LogP contribution in [0.15, 0.2) is 34.9 Å². The van der Waals surface area contributed by atoms with Crippen LogP contribution in [0.3, 0.4) is 0 Å². The van der Waals surface area contributed by atoms with E-state index in [1.807, 2.05) is 0 Å². The van der Waals surface area contributed by atoms with Crippen molar-refractivity contribution in [3.05, 3.63) is 34.9 Å². The molecule has 4 nitrogen and oxygen atoms in total. The van der Waals surface area contributed by atoms with E-state index in [9.17, 15) is 0 Å². The van der Waals surface area contributed by atoms with E-state index in [1.54, 1.807) is 11.1 Å². The van der Waals surface area contributed by atoms with E-state index in [0.717, 1.165) is 50.2 Å². The highest BCUT2D eigenvalue weighted by Gasteiger charge is 2.60. The van der Waals surface area contributed by atoms with Gasteiger partial charge in [0.2, 0.25) is 0 Å². The summed E-state index contributed by atoms with van der Waals surface area (Å²) in [6.07, 6.45) is 15.3. The molecule has 0 saturated heterocycles. The Morgan fingerprint density at radius 3 is 1.87 bits per heavy atom. The number of fused-ring (bicyclic) bond motifs is 5. The summed E-state index contributed by atoms with van der Waals surface area (Å²) < 4.78 is 28.7. The number of ether oxygens (including phenoxy) is 1. The van der Waals surface area contributed by atoms with Crippen LogP contribution in [-0.2, 0) is 18.0 Å². The van der Waals surface area contributed by atoms with Crippen LogP contribution in [0.5, 0.6) is 0 Å². The van der Waals surface area contributed by atoms with E-state index >= 15 is 0 Å². The summed E-state index contributed by atoms with van der Waals surface area (Å²) >= 11 is 0. The molecule has 0 aromatic carbocycles. The molecule has 0 aliphatic heterocycles. The molecule has 0 bridgehead atoms.